The summed E-state index contributed by atoms with van der Waals surface area (Å²) in [5, 5.41) is 0. The van der Waals surface area contributed by atoms with Crippen molar-refractivity contribution in [1.82, 2.24) is 4.98 Å². The monoisotopic (exact) mass is 269 g/mol. The summed E-state index contributed by atoms with van der Waals surface area (Å²) in [5.74, 6) is 0.809. The first-order chi connectivity index (χ1) is 9.70. The number of hydrogen-bond donors (Lipinski definition) is 0. The van der Waals surface area contributed by atoms with Crippen LogP contribution in [0.4, 0.5) is 0 Å². The second-order valence-electron chi connectivity index (χ2n) is 4.74. The second kappa shape index (κ2) is 6.85. The van der Waals surface area contributed by atoms with Gasteiger partial charge >= 0.3 is 0 Å². The lowest BCUT2D eigenvalue weighted by atomic mass is 10.0. The molecular formula is C17H19NO2. The molecule has 2 aromatic rings. The molecule has 0 atom stereocenters. The first-order valence-electron chi connectivity index (χ1n) is 6.87. The molecule has 1 aromatic carbocycles. The number of ether oxygens (including phenoxy) is 1. The summed E-state index contributed by atoms with van der Waals surface area (Å²) >= 11 is 0. The fraction of sp³-hybridized carbons (Fsp3) is 0.294. The van der Waals surface area contributed by atoms with Crippen LogP contribution in [0.5, 0.6) is 5.75 Å². The number of Topliss-reactive ketones (excluding diaryl/α,β-unsaturated/α-hetero) is 1. The Morgan fingerprint density at radius 1 is 1.25 bits per heavy atom. The van der Waals surface area contributed by atoms with Crippen LogP contribution in [0, 0.1) is 6.92 Å². The van der Waals surface area contributed by atoms with E-state index in [0.29, 0.717) is 18.6 Å². The standard InChI is InChI=1S/C17H19NO2/c1-3-10-20-15-8-4-7-14(11-15)17(19)12-16-13(2)6-5-9-18-16/h4-9,11H,3,10,12H2,1-2H3. The first-order valence-corrected chi connectivity index (χ1v) is 6.87. The van der Waals surface area contributed by atoms with Crippen molar-refractivity contribution in [1.29, 1.82) is 0 Å². The zero-order chi connectivity index (χ0) is 14.4. The highest BCUT2D eigenvalue weighted by Gasteiger charge is 2.10. The van der Waals surface area contributed by atoms with E-state index in [-0.39, 0.29) is 5.78 Å². The summed E-state index contributed by atoms with van der Waals surface area (Å²) in [6.07, 6.45) is 2.99. The lowest BCUT2D eigenvalue weighted by Crippen LogP contribution is -2.07. The smallest absolute Gasteiger partial charge is 0.168 e. The van der Waals surface area contributed by atoms with E-state index in [9.17, 15) is 4.79 Å². The van der Waals surface area contributed by atoms with Gasteiger partial charge in [-0.25, -0.2) is 0 Å². The number of ketones is 1. The van der Waals surface area contributed by atoms with Crippen LogP contribution in [0.3, 0.4) is 0 Å². The topological polar surface area (TPSA) is 39.2 Å². The summed E-state index contributed by atoms with van der Waals surface area (Å²) in [6.45, 7) is 4.69. The van der Waals surface area contributed by atoms with Crippen LogP contribution >= 0.6 is 0 Å². The lowest BCUT2D eigenvalue weighted by Gasteiger charge is -2.07. The van der Waals surface area contributed by atoms with Gasteiger partial charge in [0.2, 0.25) is 0 Å². The summed E-state index contributed by atoms with van der Waals surface area (Å²) in [6, 6.07) is 11.2. The Labute approximate surface area is 119 Å². The molecule has 0 radical (unpaired) electrons. The zero-order valence-electron chi connectivity index (χ0n) is 11.9. The maximum absolute atomic E-state index is 12.3. The van der Waals surface area contributed by atoms with Gasteiger partial charge in [-0.05, 0) is 37.1 Å². The molecule has 0 amide bonds. The minimum absolute atomic E-state index is 0.0637. The average molecular weight is 269 g/mol. The predicted molar refractivity (Wildman–Crippen MR) is 79.2 cm³/mol. The number of nitrogens with zero attached hydrogens (tertiary/aromatic N) is 1. The van der Waals surface area contributed by atoms with E-state index in [1.165, 1.54) is 0 Å². The Hall–Kier alpha value is -2.16. The molecule has 0 saturated carbocycles. The SMILES string of the molecule is CCCOc1cccc(C(=O)Cc2ncccc2C)c1. The number of carbonyl (C=O) groups is 1. The molecule has 0 spiro atoms. The highest BCUT2D eigenvalue weighted by atomic mass is 16.5. The molecule has 104 valence electrons. The van der Waals surface area contributed by atoms with E-state index in [0.717, 1.165) is 23.4 Å². The van der Waals surface area contributed by atoms with E-state index >= 15 is 0 Å². The van der Waals surface area contributed by atoms with Crippen LogP contribution in [0.15, 0.2) is 42.6 Å². The number of benzene rings is 1. The van der Waals surface area contributed by atoms with Crippen LogP contribution < -0.4 is 4.74 Å². The minimum Gasteiger partial charge on any atom is -0.494 e. The molecule has 1 heterocycles. The maximum Gasteiger partial charge on any atom is 0.168 e. The minimum atomic E-state index is 0.0637. The van der Waals surface area contributed by atoms with Crippen molar-refractivity contribution in [2.24, 2.45) is 0 Å². The Bertz CT molecular complexity index is 593. The first kappa shape index (κ1) is 14.3. The number of carbonyl (C=O) groups excluding carboxylic acids is 1. The molecule has 0 fully saturated rings. The summed E-state index contributed by atoms with van der Waals surface area (Å²) in [5.41, 5.74) is 2.54. The molecular weight excluding hydrogens is 250 g/mol. The van der Waals surface area contributed by atoms with Gasteiger partial charge in [0.05, 0.1) is 18.7 Å². The molecule has 1 aromatic heterocycles. The van der Waals surface area contributed by atoms with E-state index in [4.69, 9.17) is 4.74 Å². The van der Waals surface area contributed by atoms with Gasteiger partial charge in [-0.1, -0.05) is 25.1 Å². The van der Waals surface area contributed by atoms with Crippen molar-refractivity contribution < 1.29 is 9.53 Å². The Morgan fingerprint density at radius 2 is 2.10 bits per heavy atom. The van der Waals surface area contributed by atoms with Crippen molar-refractivity contribution in [3.05, 3.63) is 59.4 Å². The number of rotatable bonds is 6. The molecule has 0 aliphatic rings. The van der Waals surface area contributed by atoms with Crippen LogP contribution in [-0.2, 0) is 6.42 Å². The summed E-state index contributed by atoms with van der Waals surface area (Å²) in [7, 11) is 0. The fourth-order valence-corrected chi connectivity index (χ4v) is 1.94. The van der Waals surface area contributed by atoms with Crippen molar-refractivity contribution in [3.63, 3.8) is 0 Å². The molecule has 3 nitrogen and oxygen atoms in total. The third-order valence-corrected chi connectivity index (χ3v) is 3.07. The molecule has 20 heavy (non-hydrogen) atoms. The second-order valence-corrected chi connectivity index (χ2v) is 4.74. The molecule has 0 N–H and O–H groups in total. The number of aryl methyl sites for hydroxylation is 1. The van der Waals surface area contributed by atoms with Gasteiger partial charge < -0.3 is 4.74 Å². The average Bonchev–Trinajstić information content (AvgIpc) is 2.48. The molecule has 3 heteroatoms. The third kappa shape index (κ3) is 3.67. The van der Waals surface area contributed by atoms with Gasteiger partial charge in [-0.15, -0.1) is 0 Å². The maximum atomic E-state index is 12.3. The number of aromatic nitrogens is 1. The van der Waals surface area contributed by atoms with Gasteiger partial charge in [-0.2, -0.15) is 0 Å². The zero-order valence-corrected chi connectivity index (χ0v) is 11.9. The summed E-state index contributed by atoms with van der Waals surface area (Å²) < 4.78 is 5.55. The molecule has 2 rings (SSSR count). The van der Waals surface area contributed by atoms with E-state index in [2.05, 4.69) is 11.9 Å². The van der Waals surface area contributed by atoms with Crippen molar-refractivity contribution in [2.45, 2.75) is 26.7 Å². The van der Waals surface area contributed by atoms with Crippen molar-refractivity contribution >= 4 is 5.78 Å². The van der Waals surface area contributed by atoms with Crippen LogP contribution in [0.25, 0.3) is 0 Å². The van der Waals surface area contributed by atoms with E-state index < -0.39 is 0 Å². The third-order valence-electron chi connectivity index (χ3n) is 3.07. The van der Waals surface area contributed by atoms with Crippen LogP contribution in [0.2, 0.25) is 0 Å². The normalized spacial score (nSPS) is 10.3. The highest BCUT2D eigenvalue weighted by Crippen LogP contribution is 2.16. The van der Waals surface area contributed by atoms with Gasteiger partial charge in [0.25, 0.3) is 0 Å². The number of pyridine rings is 1. The molecule has 0 aliphatic carbocycles. The highest BCUT2D eigenvalue weighted by molar-refractivity contribution is 5.97. The Morgan fingerprint density at radius 3 is 2.85 bits per heavy atom. The number of hydrogen-bond acceptors (Lipinski definition) is 3. The van der Waals surface area contributed by atoms with Crippen molar-refractivity contribution in [2.75, 3.05) is 6.61 Å². The van der Waals surface area contributed by atoms with Gasteiger partial charge in [0.1, 0.15) is 5.75 Å². The van der Waals surface area contributed by atoms with Gasteiger partial charge in [-0.3, -0.25) is 9.78 Å². The lowest BCUT2D eigenvalue weighted by molar-refractivity contribution is 0.0991. The van der Waals surface area contributed by atoms with E-state index in [1.54, 1.807) is 12.3 Å². The molecule has 0 unspecified atom stereocenters. The molecule has 0 aliphatic heterocycles. The summed E-state index contributed by atoms with van der Waals surface area (Å²) in [4.78, 5) is 16.6. The Kier molecular flexibility index (Phi) is 4.88. The fourth-order valence-electron chi connectivity index (χ4n) is 1.94. The molecule has 0 saturated heterocycles. The molecule has 0 bridgehead atoms. The van der Waals surface area contributed by atoms with Gasteiger partial charge in [0, 0.05) is 11.8 Å². The van der Waals surface area contributed by atoms with Crippen molar-refractivity contribution in [3.8, 4) is 5.75 Å². The van der Waals surface area contributed by atoms with Gasteiger partial charge in [0.15, 0.2) is 5.78 Å². The quantitative estimate of drug-likeness (QED) is 0.752. The van der Waals surface area contributed by atoms with Crippen LogP contribution in [0.1, 0.15) is 35.0 Å². The largest absolute Gasteiger partial charge is 0.494 e. The Balaban J connectivity index is 2.11. The van der Waals surface area contributed by atoms with E-state index in [1.807, 2.05) is 37.3 Å². The van der Waals surface area contributed by atoms with Crippen LogP contribution in [-0.4, -0.2) is 17.4 Å². The predicted octanol–water partition coefficient (Wildman–Crippen LogP) is 3.60.